The molecule has 0 heterocycles. The van der Waals surface area contributed by atoms with Crippen LogP contribution in [0.4, 0.5) is 0 Å². The molecule has 0 spiro atoms. The second-order valence-electron chi connectivity index (χ2n) is 21.6. The van der Waals surface area contributed by atoms with Crippen LogP contribution >= 0.6 is 0 Å². The zero-order valence-corrected chi connectivity index (χ0v) is 47.2. The van der Waals surface area contributed by atoms with Gasteiger partial charge in [-0.25, -0.2) is 0 Å². The Balaban J connectivity index is 3.54. The van der Waals surface area contributed by atoms with Gasteiger partial charge in [0.2, 0.25) is 5.91 Å². The highest BCUT2D eigenvalue weighted by Crippen LogP contribution is 2.18. The minimum atomic E-state index is -1.11. The maximum Gasteiger partial charge on any atom is 0.249 e. The van der Waals surface area contributed by atoms with Gasteiger partial charge in [0.15, 0.2) is 0 Å². The summed E-state index contributed by atoms with van der Waals surface area (Å²) in [5, 5.41) is 33.4. The van der Waals surface area contributed by atoms with Gasteiger partial charge in [0, 0.05) is 0 Å². The fraction of sp³-hybridized carbons (Fsp3) is 0.862. The number of nitrogens with one attached hydrogen (secondary N) is 1. The first-order valence-corrected chi connectivity index (χ1v) is 31.5. The molecule has 0 aliphatic carbocycles. The van der Waals surface area contributed by atoms with Crippen molar-refractivity contribution in [2.45, 2.75) is 353 Å². The molecule has 0 aliphatic heterocycles. The predicted octanol–water partition coefficient (Wildman–Crippen LogP) is 20.0. The molecule has 0 saturated heterocycles. The smallest absolute Gasteiger partial charge is 0.249 e. The fourth-order valence-electron chi connectivity index (χ4n) is 9.77. The van der Waals surface area contributed by atoms with Crippen LogP contribution in [0.3, 0.4) is 0 Å². The van der Waals surface area contributed by atoms with Gasteiger partial charge in [-0.15, -0.1) is 0 Å². The summed E-state index contributed by atoms with van der Waals surface area (Å²) in [6.45, 7) is 4.21. The number of carbonyl (C=O) groups is 1. The van der Waals surface area contributed by atoms with Crippen molar-refractivity contribution in [3.05, 3.63) is 48.6 Å². The lowest BCUT2D eigenvalue weighted by Gasteiger charge is -2.21. The maximum absolute atomic E-state index is 12.6. The Morgan fingerprint density at radius 2 is 0.629 bits per heavy atom. The number of carbonyl (C=O) groups excluding carboxylic acids is 1. The van der Waals surface area contributed by atoms with Gasteiger partial charge in [0.1, 0.15) is 6.10 Å². The molecule has 0 aromatic rings. The van der Waals surface area contributed by atoms with E-state index in [9.17, 15) is 20.1 Å². The van der Waals surface area contributed by atoms with E-state index >= 15 is 0 Å². The number of unbranched alkanes of at least 4 members (excludes halogenated alkanes) is 44. The van der Waals surface area contributed by atoms with Crippen LogP contribution in [0, 0.1) is 0 Å². The standard InChI is InChI=1S/C65H123NO4/c1-3-5-7-9-11-13-15-17-19-21-23-25-26-27-28-29-30-31-32-33-34-35-36-37-38-39-40-42-44-46-48-50-52-54-56-58-60-64(69)65(70)66-62(61-67)63(68)59-57-55-53-51-49-47-45-43-41-24-22-20-18-16-14-12-10-8-6-4-2/h28-29,31-32,49,51,57,59,62-64,67-69H,3-27,30,33-48,50,52-56,58,60-61H2,1-2H3,(H,66,70)/b29-28-,32-31-,51-49+,59-57+. The monoisotopic (exact) mass is 982 g/mol. The lowest BCUT2D eigenvalue weighted by molar-refractivity contribution is -0.131. The lowest BCUT2D eigenvalue weighted by atomic mass is 10.0. The molecule has 0 radical (unpaired) electrons. The highest BCUT2D eigenvalue weighted by Gasteiger charge is 2.22. The first-order valence-electron chi connectivity index (χ1n) is 31.5. The molecule has 0 aliphatic rings. The number of aliphatic hydroxyl groups excluding tert-OH is 3. The number of amides is 1. The summed E-state index contributed by atoms with van der Waals surface area (Å²) in [7, 11) is 0. The molecule has 412 valence electrons. The fourth-order valence-corrected chi connectivity index (χ4v) is 9.77. The van der Waals surface area contributed by atoms with Crippen molar-refractivity contribution in [1.82, 2.24) is 5.32 Å². The Morgan fingerprint density at radius 3 is 0.957 bits per heavy atom. The van der Waals surface area contributed by atoms with E-state index in [-0.39, 0.29) is 6.61 Å². The van der Waals surface area contributed by atoms with E-state index in [1.54, 1.807) is 6.08 Å². The third-order valence-corrected chi connectivity index (χ3v) is 14.6. The van der Waals surface area contributed by atoms with E-state index in [2.05, 4.69) is 55.6 Å². The first-order chi connectivity index (χ1) is 34.6. The number of hydrogen-bond acceptors (Lipinski definition) is 4. The second kappa shape index (κ2) is 59.9. The van der Waals surface area contributed by atoms with E-state index in [1.807, 2.05) is 6.08 Å². The van der Waals surface area contributed by atoms with E-state index in [4.69, 9.17) is 0 Å². The third kappa shape index (κ3) is 54.1. The van der Waals surface area contributed by atoms with Crippen molar-refractivity contribution in [1.29, 1.82) is 0 Å². The van der Waals surface area contributed by atoms with Gasteiger partial charge in [-0.3, -0.25) is 4.79 Å². The Morgan fingerprint density at radius 1 is 0.357 bits per heavy atom. The Bertz CT molecular complexity index is 1130. The van der Waals surface area contributed by atoms with E-state index in [1.165, 1.54) is 270 Å². The van der Waals surface area contributed by atoms with Crippen molar-refractivity contribution in [3.8, 4) is 0 Å². The normalized spacial score (nSPS) is 13.5. The molecule has 0 aromatic heterocycles. The minimum Gasteiger partial charge on any atom is -0.394 e. The molecule has 1 amide bonds. The summed E-state index contributed by atoms with van der Waals surface area (Å²) in [4.78, 5) is 12.6. The Kier molecular flexibility index (Phi) is 58.4. The highest BCUT2D eigenvalue weighted by molar-refractivity contribution is 5.80. The van der Waals surface area contributed by atoms with Crippen LogP contribution in [-0.4, -0.2) is 46.1 Å². The highest BCUT2D eigenvalue weighted by atomic mass is 16.3. The van der Waals surface area contributed by atoms with Gasteiger partial charge in [0.25, 0.3) is 0 Å². The van der Waals surface area contributed by atoms with Crippen molar-refractivity contribution in [3.63, 3.8) is 0 Å². The van der Waals surface area contributed by atoms with Gasteiger partial charge in [-0.2, -0.15) is 0 Å². The van der Waals surface area contributed by atoms with Crippen molar-refractivity contribution in [2.24, 2.45) is 0 Å². The largest absolute Gasteiger partial charge is 0.394 e. The van der Waals surface area contributed by atoms with Crippen LogP contribution in [0.15, 0.2) is 48.6 Å². The summed E-state index contributed by atoms with van der Waals surface area (Å²) < 4.78 is 0. The maximum atomic E-state index is 12.6. The molecule has 0 bridgehead atoms. The minimum absolute atomic E-state index is 0.375. The lowest BCUT2D eigenvalue weighted by Crippen LogP contribution is -2.48. The third-order valence-electron chi connectivity index (χ3n) is 14.6. The Labute approximate surface area is 437 Å². The van der Waals surface area contributed by atoms with Crippen LogP contribution in [0.5, 0.6) is 0 Å². The van der Waals surface area contributed by atoms with Crippen molar-refractivity contribution < 1.29 is 20.1 Å². The van der Waals surface area contributed by atoms with Crippen LogP contribution in [0.1, 0.15) is 335 Å². The molecule has 70 heavy (non-hydrogen) atoms. The number of rotatable bonds is 58. The predicted molar refractivity (Wildman–Crippen MR) is 310 cm³/mol. The quantitative estimate of drug-likeness (QED) is 0.0361. The SMILES string of the molecule is CCCCCCCCCCCCCCC/C=C\C/C=C\CCCCCCCCCCCCCCCCCCC(O)C(=O)NC(CO)C(O)/C=C/CC/C=C/CCCCCCCCCCCCCCCC. The first kappa shape index (κ1) is 68.3. The molecule has 0 saturated carbocycles. The molecule has 0 aromatic carbocycles. The molecule has 5 heteroatoms. The number of allylic oxidation sites excluding steroid dienone is 7. The molecular weight excluding hydrogens is 859 g/mol. The van der Waals surface area contributed by atoms with Crippen LogP contribution in [0.2, 0.25) is 0 Å². The number of hydrogen-bond donors (Lipinski definition) is 4. The number of aliphatic hydroxyl groups is 3. The molecular formula is C65H123NO4. The average Bonchev–Trinajstić information content (AvgIpc) is 3.36. The van der Waals surface area contributed by atoms with Crippen LogP contribution < -0.4 is 5.32 Å². The second-order valence-corrected chi connectivity index (χ2v) is 21.6. The van der Waals surface area contributed by atoms with E-state index < -0.39 is 24.2 Å². The molecule has 3 atom stereocenters. The van der Waals surface area contributed by atoms with Crippen LogP contribution in [-0.2, 0) is 4.79 Å². The molecule has 0 rings (SSSR count). The summed E-state index contributed by atoms with van der Waals surface area (Å²) in [5.41, 5.74) is 0. The van der Waals surface area contributed by atoms with E-state index in [0.29, 0.717) is 6.42 Å². The zero-order valence-electron chi connectivity index (χ0n) is 47.2. The van der Waals surface area contributed by atoms with Gasteiger partial charge >= 0.3 is 0 Å². The zero-order chi connectivity index (χ0) is 50.7. The van der Waals surface area contributed by atoms with E-state index in [0.717, 1.165) is 44.9 Å². The Hall–Kier alpha value is -1.69. The van der Waals surface area contributed by atoms with Crippen molar-refractivity contribution in [2.75, 3.05) is 6.61 Å². The summed E-state index contributed by atoms with van der Waals surface area (Å²) in [6.07, 6.45) is 80.8. The van der Waals surface area contributed by atoms with Gasteiger partial charge < -0.3 is 20.6 Å². The molecule has 3 unspecified atom stereocenters. The topological polar surface area (TPSA) is 89.8 Å². The van der Waals surface area contributed by atoms with Crippen LogP contribution in [0.25, 0.3) is 0 Å². The molecule has 5 nitrogen and oxygen atoms in total. The van der Waals surface area contributed by atoms with Gasteiger partial charge in [0.05, 0.1) is 18.8 Å². The molecule has 0 fully saturated rings. The van der Waals surface area contributed by atoms with Gasteiger partial charge in [-0.05, 0) is 64.2 Å². The summed E-state index contributed by atoms with van der Waals surface area (Å²) >= 11 is 0. The summed E-state index contributed by atoms with van der Waals surface area (Å²) in [6, 6.07) is -0.816. The van der Waals surface area contributed by atoms with Crippen molar-refractivity contribution >= 4 is 5.91 Å². The van der Waals surface area contributed by atoms with Gasteiger partial charge in [-0.1, -0.05) is 319 Å². The molecule has 4 N–H and O–H groups in total. The summed E-state index contributed by atoms with van der Waals surface area (Å²) in [5.74, 6) is -0.509. The average molecular weight is 983 g/mol.